The highest BCUT2D eigenvalue weighted by molar-refractivity contribution is 5.96. The molecular weight excluding hydrogens is 262 g/mol. The SMILES string of the molecule is CCC(C)C(C)NC(=O)c1cccc(C#CCCO)c1C. The van der Waals surface area contributed by atoms with Gasteiger partial charge in [0, 0.05) is 23.6 Å². The zero-order valence-electron chi connectivity index (χ0n) is 13.4. The van der Waals surface area contributed by atoms with Crippen LogP contribution in [0.3, 0.4) is 0 Å². The van der Waals surface area contributed by atoms with Gasteiger partial charge in [0.1, 0.15) is 0 Å². The highest BCUT2D eigenvalue weighted by Gasteiger charge is 2.16. The van der Waals surface area contributed by atoms with Gasteiger partial charge < -0.3 is 10.4 Å². The lowest BCUT2D eigenvalue weighted by molar-refractivity contribution is 0.0927. The van der Waals surface area contributed by atoms with Crippen LogP contribution in [0.1, 0.15) is 55.1 Å². The molecule has 0 saturated carbocycles. The topological polar surface area (TPSA) is 49.3 Å². The zero-order chi connectivity index (χ0) is 15.8. The number of benzene rings is 1. The van der Waals surface area contributed by atoms with Crippen molar-refractivity contribution in [2.45, 2.75) is 46.6 Å². The van der Waals surface area contributed by atoms with Crippen molar-refractivity contribution >= 4 is 5.91 Å². The zero-order valence-corrected chi connectivity index (χ0v) is 13.4. The maximum absolute atomic E-state index is 12.4. The first-order valence-electron chi connectivity index (χ1n) is 7.51. The Morgan fingerprint density at radius 2 is 2.10 bits per heavy atom. The Bertz CT molecular complexity index is 540. The maximum atomic E-state index is 12.4. The van der Waals surface area contributed by atoms with Gasteiger partial charge in [-0.15, -0.1) is 0 Å². The Hall–Kier alpha value is -1.79. The number of hydrogen-bond acceptors (Lipinski definition) is 2. The van der Waals surface area contributed by atoms with E-state index in [4.69, 9.17) is 5.11 Å². The molecule has 114 valence electrons. The standard InChI is InChI=1S/C18H25NO2/c1-5-13(2)15(4)19-18(21)17-11-8-10-16(14(17)3)9-6-7-12-20/h8,10-11,13,15,20H,5,7,12H2,1-4H3,(H,19,21). The molecule has 2 unspecified atom stereocenters. The van der Waals surface area contributed by atoms with Crippen molar-refractivity contribution < 1.29 is 9.90 Å². The number of nitrogens with one attached hydrogen (secondary N) is 1. The Labute approximate surface area is 127 Å². The molecule has 0 bridgehead atoms. The minimum atomic E-state index is -0.0499. The third-order valence-corrected chi connectivity index (χ3v) is 3.89. The second-order valence-electron chi connectivity index (χ2n) is 5.40. The van der Waals surface area contributed by atoms with E-state index in [2.05, 4.69) is 31.0 Å². The summed E-state index contributed by atoms with van der Waals surface area (Å²) in [6.07, 6.45) is 1.48. The van der Waals surface area contributed by atoms with E-state index in [9.17, 15) is 4.79 Å². The van der Waals surface area contributed by atoms with Gasteiger partial charge in [0.15, 0.2) is 0 Å². The Morgan fingerprint density at radius 1 is 1.38 bits per heavy atom. The van der Waals surface area contributed by atoms with Crippen LogP contribution < -0.4 is 5.32 Å². The highest BCUT2D eigenvalue weighted by Crippen LogP contribution is 2.14. The Kier molecular flexibility index (Phi) is 6.98. The summed E-state index contributed by atoms with van der Waals surface area (Å²) in [5.74, 6) is 6.30. The molecule has 0 aliphatic rings. The fraction of sp³-hybridized carbons (Fsp3) is 0.500. The molecule has 0 aliphatic heterocycles. The van der Waals surface area contributed by atoms with E-state index in [-0.39, 0.29) is 18.6 Å². The van der Waals surface area contributed by atoms with Crippen LogP contribution in [0.2, 0.25) is 0 Å². The number of carbonyl (C=O) groups is 1. The molecule has 0 radical (unpaired) electrons. The van der Waals surface area contributed by atoms with Gasteiger partial charge in [-0.2, -0.15) is 0 Å². The summed E-state index contributed by atoms with van der Waals surface area (Å²) >= 11 is 0. The van der Waals surface area contributed by atoms with Crippen molar-refractivity contribution in [3.63, 3.8) is 0 Å². The van der Waals surface area contributed by atoms with Gasteiger partial charge >= 0.3 is 0 Å². The number of aliphatic hydroxyl groups is 1. The van der Waals surface area contributed by atoms with Gasteiger partial charge in [0.05, 0.1) is 6.61 Å². The van der Waals surface area contributed by atoms with Crippen molar-refractivity contribution in [2.24, 2.45) is 5.92 Å². The maximum Gasteiger partial charge on any atom is 0.251 e. The summed E-state index contributed by atoms with van der Waals surface area (Å²) in [6, 6.07) is 5.71. The number of aliphatic hydroxyl groups excluding tert-OH is 1. The van der Waals surface area contributed by atoms with E-state index in [1.165, 1.54) is 0 Å². The first kappa shape index (κ1) is 17.3. The quantitative estimate of drug-likeness (QED) is 0.818. The summed E-state index contributed by atoms with van der Waals surface area (Å²) in [5.41, 5.74) is 2.39. The molecule has 1 rings (SSSR count). The van der Waals surface area contributed by atoms with Gasteiger partial charge in [-0.05, 0) is 37.5 Å². The molecule has 0 aliphatic carbocycles. The van der Waals surface area contributed by atoms with Gasteiger partial charge in [-0.1, -0.05) is 38.2 Å². The van der Waals surface area contributed by atoms with Crippen LogP contribution in [-0.4, -0.2) is 23.7 Å². The van der Waals surface area contributed by atoms with E-state index in [1.54, 1.807) is 0 Å². The third-order valence-electron chi connectivity index (χ3n) is 3.89. The van der Waals surface area contributed by atoms with Crippen molar-refractivity contribution in [3.8, 4) is 11.8 Å². The molecule has 1 aromatic rings. The molecule has 3 nitrogen and oxygen atoms in total. The van der Waals surface area contributed by atoms with E-state index in [1.807, 2.05) is 32.0 Å². The van der Waals surface area contributed by atoms with Gasteiger partial charge in [0.25, 0.3) is 5.91 Å². The van der Waals surface area contributed by atoms with Gasteiger partial charge in [-0.25, -0.2) is 0 Å². The van der Waals surface area contributed by atoms with Crippen LogP contribution in [0, 0.1) is 24.7 Å². The number of rotatable bonds is 5. The second-order valence-corrected chi connectivity index (χ2v) is 5.40. The minimum Gasteiger partial charge on any atom is -0.395 e. The Morgan fingerprint density at radius 3 is 2.71 bits per heavy atom. The molecule has 0 heterocycles. The van der Waals surface area contributed by atoms with Crippen LogP contribution in [-0.2, 0) is 0 Å². The first-order chi connectivity index (χ1) is 10.0. The van der Waals surface area contributed by atoms with Crippen molar-refractivity contribution in [1.82, 2.24) is 5.32 Å². The van der Waals surface area contributed by atoms with E-state index in [0.29, 0.717) is 17.9 Å². The minimum absolute atomic E-state index is 0.0499. The fourth-order valence-corrected chi connectivity index (χ4v) is 2.01. The van der Waals surface area contributed by atoms with Crippen LogP contribution >= 0.6 is 0 Å². The summed E-state index contributed by atoms with van der Waals surface area (Å²) < 4.78 is 0. The lowest BCUT2D eigenvalue weighted by Crippen LogP contribution is -2.37. The second kappa shape index (κ2) is 8.49. The molecule has 3 heteroatoms. The molecule has 0 fully saturated rings. The van der Waals surface area contributed by atoms with Crippen LogP contribution in [0.4, 0.5) is 0 Å². The molecule has 0 spiro atoms. The predicted molar refractivity (Wildman–Crippen MR) is 86.1 cm³/mol. The molecule has 21 heavy (non-hydrogen) atoms. The lowest BCUT2D eigenvalue weighted by atomic mass is 9.98. The number of carbonyl (C=O) groups excluding carboxylic acids is 1. The molecule has 2 atom stereocenters. The summed E-state index contributed by atoms with van der Waals surface area (Å²) in [5, 5.41) is 11.8. The summed E-state index contributed by atoms with van der Waals surface area (Å²) in [6.45, 7) is 8.25. The van der Waals surface area contributed by atoms with Gasteiger partial charge in [-0.3, -0.25) is 4.79 Å². The van der Waals surface area contributed by atoms with Crippen LogP contribution in [0.15, 0.2) is 18.2 Å². The van der Waals surface area contributed by atoms with Crippen molar-refractivity contribution in [3.05, 3.63) is 34.9 Å². The van der Waals surface area contributed by atoms with Crippen molar-refractivity contribution in [1.29, 1.82) is 0 Å². The molecule has 2 N–H and O–H groups in total. The third kappa shape index (κ3) is 4.91. The van der Waals surface area contributed by atoms with Crippen LogP contribution in [0.5, 0.6) is 0 Å². The molecule has 1 aromatic carbocycles. The summed E-state index contributed by atoms with van der Waals surface area (Å²) in [4.78, 5) is 12.4. The summed E-state index contributed by atoms with van der Waals surface area (Å²) in [7, 11) is 0. The normalized spacial score (nSPS) is 13.0. The monoisotopic (exact) mass is 287 g/mol. The van der Waals surface area contributed by atoms with Crippen molar-refractivity contribution in [2.75, 3.05) is 6.61 Å². The van der Waals surface area contributed by atoms with Crippen LogP contribution in [0.25, 0.3) is 0 Å². The van der Waals surface area contributed by atoms with E-state index in [0.717, 1.165) is 17.5 Å². The number of amides is 1. The first-order valence-corrected chi connectivity index (χ1v) is 7.51. The Balaban J connectivity index is 2.91. The lowest BCUT2D eigenvalue weighted by Gasteiger charge is -2.20. The number of hydrogen-bond donors (Lipinski definition) is 2. The average molecular weight is 287 g/mol. The molecular formula is C18H25NO2. The smallest absolute Gasteiger partial charge is 0.251 e. The molecule has 1 amide bonds. The van der Waals surface area contributed by atoms with E-state index < -0.39 is 0 Å². The average Bonchev–Trinajstić information content (AvgIpc) is 2.48. The van der Waals surface area contributed by atoms with E-state index >= 15 is 0 Å². The predicted octanol–water partition coefficient (Wildman–Crippen LogP) is 2.89. The largest absolute Gasteiger partial charge is 0.395 e. The molecule has 0 saturated heterocycles. The molecule has 0 aromatic heterocycles. The fourth-order valence-electron chi connectivity index (χ4n) is 2.01. The highest BCUT2D eigenvalue weighted by atomic mass is 16.2. The van der Waals surface area contributed by atoms with Gasteiger partial charge in [0.2, 0.25) is 0 Å².